The van der Waals surface area contributed by atoms with Crippen LogP contribution in [0.3, 0.4) is 0 Å². The van der Waals surface area contributed by atoms with Crippen LogP contribution in [-0.4, -0.2) is 6.54 Å². The summed E-state index contributed by atoms with van der Waals surface area (Å²) in [6.07, 6.45) is 0. The second-order valence-electron chi connectivity index (χ2n) is 5.00. The molecule has 0 spiro atoms. The maximum Gasteiger partial charge on any atom is 0.123 e. The second kappa shape index (κ2) is 6.14. The number of hydrogen-bond acceptors (Lipinski definition) is 1. The zero-order chi connectivity index (χ0) is 14.7. The van der Waals surface area contributed by atoms with Gasteiger partial charge in [0.1, 0.15) is 11.6 Å². The third-order valence-corrected chi connectivity index (χ3v) is 3.40. The molecule has 0 atom stereocenters. The molecular formula is C17H19F2N. The quantitative estimate of drug-likeness (QED) is 0.874. The summed E-state index contributed by atoms with van der Waals surface area (Å²) in [6.45, 7) is 7.18. The van der Waals surface area contributed by atoms with Crippen molar-refractivity contribution in [3.05, 3.63) is 58.7 Å². The van der Waals surface area contributed by atoms with Crippen LogP contribution in [0.5, 0.6) is 0 Å². The van der Waals surface area contributed by atoms with E-state index in [1.54, 1.807) is 12.1 Å². The van der Waals surface area contributed by atoms with Crippen LogP contribution in [0.25, 0.3) is 11.1 Å². The minimum atomic E-state index is -0.251. The first-order valence-corrected chi connectivity index (χ1v) is 6.79. The van der Waals surface area contributed by atoms with Crippen molar-refractivity contribution in [2.24, 2.45) is 0 Å². The summed E-state index contributed by atoms with van der Waals surface area (Å²) in [5.41, 5.74) is 4.57. The van der Waals surface area contributed by atoms with Gasteiger partial charge in [0.2, 0.25) is 0 Å². The molecule has 1 nitrogen and oxygen atoms in total. The van der Waals surface area contributed by atoms with E-state index in [1.807, 2.05) is 20.8 Å². The van der Waals surface area contributed by atoms with Crippen LogP contribution in [0, 0.1) is 25.5 Å². The third-order valence-electron chi connectivity index (χ3n) is 3.40. The van der Waals surface area contributed by atoms with Crippen LogP contribution in [-0.2, 0) is 6.54 Å². The Morgan fingerprint density at radius 3 is 2.20 bits per heavy atom. The first-order chi connectivity index (χ1) is 9.52. The molecule has 106 valence electrons. The van der Waals surface area contributed by atoms with E-state index >= 15 is 0 Å². The summed E-state index contributed by atoms with van der Waals surface area (Å²) in [6, 6.07) is 7.80. The summed E-state index contributed by atoms with van der Waals surface area (Å²) in [7, 11) is 0. The molecule has 3 heteroatoms. The molecule has 0 radical (unpaired) electrons. The molecule has 2 aromatic rings. The lowest BCUT2D eigenvalue weighted by Gasteiger charge is -2.15. The summed E-state index contributed by atoms with van der Waals surface area (Å²) >= 11 is 0. The number of nitrogens with one attached hydrogen (secondary N) is 1. The molecule has 0 aliphatic carbocycles. The second-order valence-corrected chi connectivity index (χ2v) is 5.00. The third kappa shape index (κ3) is 3.05. The fraction of sp³-hybridized carbons (Fsp3) is 0.294. The van der Waals surface area contributed by atoms with Crippen LogP contribution >= 0.6 is 0 Å². The molecule has 0 saturated heterocycles. The molecule has 2 rings (SSSR count). The van der Waals surface area contributed by atoms with E-state index in [4.69, 9.17) is 0 Å². The van der Waals surface area contributed by atoms with E-state index in [2.05, 4.69) is 5.32 Å². The fourth-order valence-electron chi connectivity index (χ4n) is 2.55. The highest BCUT2D eigenvalue weighted by Crippen LogP contribution is 2.31. The predicted octanol–water partition coefficient (Wildman–Crippen LogP) is 4.36. The first-order valence-electron chi connectivity index (χ1n) is 6.79. The molecule has 0 bridgehead atoms. The number of hydrogen-bond donors (Lipinski definition) is 1. The zero-order valence-electron chi connectivity index (χ0n) is 12.1. The van der Waals surface area contributed by atoms with E-state index in [-0.39, 0.29) is 11.6 Å². The molecular weight excluding hydrogens is 256 g/mol. The Morgan fingerprint density at radius 2 is 1.60 bits per heavy atom. The molecule has 0 fully saturated rings. The van der Waals surface area contributed by atoms with Gasteiger partial charge in [-0.2, -0.15) is 0 Å². The highest BCUT2D eigenvalue weighted by Gasteiger charge is 2.12. The summed E-state index contributed by atoms with van der Waals surface area (Å²) < 4.78 is 26.9. The minimum absolute atomic E-state index is 0.237. The van der Waals surface area contributed by atoms with Crippen LogP contribution in [0.4, 0.5) is 8.78 Å². The lowest BCUT2D eigenvalue weighted by Crippen LogP contribution is -2.13. The summed E-state index contributed by atoms with van der Waals surface area (Å²) in [4.78, 5) is 0. The first kappa shape index (κ1) is 14.7. The summed E-state index contributed by atoms with van der Waals surface area (Å²) in [5.74, 6) is -0.488. The van der Waals surface area contributed by atoms with E-state index in [0.29, 0.717) is 6.54 Å². The molecule has 0 unspecified atom stereocenters. The maximum absolute atomic E-state index is 13.5. The van der Waals surface area contributed by atoms with Crippen molar-refractivity contribution < 1.29 is 8.78 Å². The largest absolute Gasteiger partial charge is 0.313 e. The fourth-order valence-corrected chi connectivity index (χ4v) is 2.55. The maximum atomic E-state index is 13.5. The van der Waals surface area contributed by atoms with E-state index in [0.717, 1.165) is 34.4 Å². The Morgan fingerprint density at radius 1 is 0.950 bits per heavy atom. The monoisotopic (exact) mass is 275 g/mol. The van der Waals surface area contributed by atoms with Gasteiger partial charge in [-0.3, -0.25) is 0 Å². The molecule has 0 heterocycles. The van der Waals surface area contributed by atoms with E-state index < -0.39 is 0 Å². The van der Waals surface area contributed by atoms with Gasteiger partial charge in [0.15, 0.2) is 0 Å². The normalized spacial score (nSPS) is 10.8. The van der Waals surface area contributed by atoms with Gasteiger partial charge in [0.05, 0.1) is 0 Å². The Kier molecular flexibility index (Phi) is 4.50. The molecule has 0 aliphatic rings. The van der Waals surface area contributed by atoms with Crippen LogP contribution in [0.1, 0.15) is 23.6 Å². The van der Waals surface area contributed by atoms with E-state index in [1.165, 1.54) is 18.2 Å². The molecule has 0 saturated carbocycles. The highest BCUT2D eigenvalue weighted by molar-refractivity contribution is 5.73. The van der Waals surface area contributed by atoms with Crippen molar-refractivity contribution in [3.8, 4) is 11.1 Å². The van der Waals surface area contributed by atoms with Gasteiger partial charge < -0.3 is 5.32 Å². The molecule has 0 amide bonds. The molecule has 1 N–H and O–H groups in total. The van der Waals surface area contributed by atoms with Crippen molar-refractivity contribution in [1.82, 2.24) is 5.32 Å². The Hall–Kier alpha value is -1.74. The minimum Gasteiger partial charge on any atom is -0.313 e. The highest BCUT2D eigenvalue weighted by atomic mass is 19.1. The number of halogens is 2. The van der Waals surface area contributed by atoms with Gasteiger partial charge >= 0.3 is 0 Å². The molecule has 0 aliphatic heterocycles. The Bertz CT molecular complexity index is 597. The molecule has 2 aromatic carbocycles. The van der Waals surface area contributed by atoms with Crippen molar-refractivity contribution in [2.75, 3.05) is 6.54 Å². The van der Waals surface area contributed by atoms with Crippen molar-refractivity contribution in [2.45, 2.75) is 27.3 Å². The molecule has 0 aromatic heterocycles. The van der Waals surface area contributed by atoms with Crippen molar-refractivity contribution >= 4 is 0 Å². The van der Waals surface area contributed by atoms with Crippen molar-refractivity contribution in [3.63, 3.8) is 0 Å². The lowest BCUT2D eigenvalue weighted by molar-refractivity contribution is 0.621. The van der Waals surface area contributed by atoms with Crippen LogP contribution in [0.15, 0.2) is 30.3 Å². The zero-order valence-corrected chi connectivity index (χ0v) is 12.1. The van der Waals surface area contributed by atoms with Crippen LogP contribution in [0.2, 0.25) is 0 Å². The van der Waals surface area contributed by atoms with E-state index in [9.17, 15) is 8.78 Å². The average molecular weight is 275 g/mol. The Balaban J connectivity index is 2.57. The molecule has 20 heavy (non-hydrogen) atoms. The SMILES string of the molecule is CCNCc1cc(F)ccc1-c1c(C)cc(F)cc1C. The van der Waals surface area contributed by atoms with Gasteiger partial charge in [0, 0.05) is 6.54 Å². The number of benzene rings is 2. The number of aryl methyl sites for hydroxylation is 2. The average Bonchev–Trinajstić information content (AvgIpc) is 2.37. The lowest BCUT2D eigenvalue weighted by atomic mass is 9.92. The van der Waals surface area contributed by atoms with Gasteiger partial charge in [-0.1, -0.05) is 13.0 Å². The standard InChI is InChI=1S/C17H19F2N/c1-4-20-10-13-9-14(18)5-6-16(13)17-11(2)7-15(19)8-12(17)3/h5-9,20H,4,10H2,1-3H3. The number of rotatable bonds is 4. The van der Waals surface area contributed by atoms with Gasteiger partial charge in [0.25, 0.3) is 0 Å². The van der Waals surface area contributed by atoms with Gasteiger partial charge in [-0.15, -0.1) is 0 Å². The topological polar surface area (TPSA) is 12.0 Å². The van der Waals surface area contributed by atoms with Crippen molar-refractivity contribution in [1.29, 1.82) is 0 Å². The summed E-state index contributed by atoms with van der Waals surface area (Å²) in [5, 5.41) is 3.21. The van der Waals surface area contributed by atoms with Crippen LogP contribution < -0.4 is 5.32 Å². The van der Waals surface area contributed by atoms with Gasteiger partial charge in [-0.05, 0) is 72.5 Å². The Labute approximate surface area is 118 Å². The predicted molar refractivity (Wildman–Crippen MR) is 78.6 cm³/mol. The van der Waals surface area contributed by atoms with Gasteiger partial charge in [-0.25, -0.2) is 8.78 Å². The smallest absolute Gasteiger partial charge is 0.123 e.